The van der Waals surface area contributed by atoms with E-state index in [1.807, 2.05) is 25.1 Å². The van der Waals surface area contributed by atoms with E-state index >= 15 is 0 Å². The highest BCUT2D eigenvalue weighted by Gasteiger charge is 2.08. The van der Waals surface area contributed by atoms with Crippen molar-refractivity contribution in [2.24, 2.45) is 0 Å². The van der Waals surface area contributed by atoms with Gasteiger partial charge in [0.15, 0.2) is 0 Å². The molecule has 0 saturated carbocycles. The Bertz CT molecular complexity index is 590. The minimum Gasteiger partial charge on any atom is -0.434 e. The van der Waals surface area contributed by atoms with Crippen molar-refractivity contribution in [2.45, 2.75) is 20.1 Å². The van der Waals surface area contributed by atoms with E-state index in [1.54, 1.807) is 18.2 Å². The van der Waals surface area contributed by atoms with Crippen LogP contribution in [-0.2, 0) is 6.54 Å². The molecule has 20 heavy (non-hydrogen) atoms. The quantitative estimate of drug-likeness (QED) is 0.828. The summed E-state index contributed by atoms with van der Waals surface area (Å²) >= 11 is 3.43. The molecule has 0 aliphatic heterocycles. The summed E-state index contributed by atoms with van der Waals surface area (Å²) in [6.07, 6.45) is 0. The van der Waals surface area contributed by atoms with Gasteiger partial charge in [-0.25, -0.2) is 0 Å². The molecule has 0 unspecified atom stereocenters. The summed E-state index contributed by atoms with van der Waals surface area (Å²) in [5.74, 6) is 0.198. The normalized spacial score (nSPS) is 10.7. The maximum atomic E-state index is 12.3. The number of alkyl halides is 2. The first kappa shape index (κ1) is 14.8. The Morgan fingerprint density at radius 1 is 1.20 bits per heavy atom. The average Bonchev–Trinajstić information content (AvgIpc) is 2.41. The molecular formula is C15H14BrF2NO. The van der Waals surface area contributed by atoms with Crippen LogP contribution in [-0.4, -0.2) is 6.61 Å². The smallest absolute Gasteiger partial charge is 0.387 e. The van der Waals surface area contributed by atoms with E-state index in [0.29, 0.717) is 12.1 Å². The van der Waals surface area contributed by atoms with Crippen LogP contribution in [0.2, 0.25) is 0 Å². The van der Waals surface area contributed by atoms with Gasteiger partial charge in [-0.05, 0) is 36.8 Å². The zero-order chi connectivity index (χ0) is 14.5. The molecule has 0 aliphatic rings. The van der Waals surface area contributed by atoms with Crippen molar-refractivity contribution in [1.29, 1.82) is 0 Å². The van der Waals surface area contributed by atoms with Gasteiger partial charge in [-0.2, -0.15) is 8.78 Å². The SMILES string of the molecule is Cc1cc(NCc2ccccc2OC(F)F)ccc1Br. The molecule has 0 heterocycles. The van der Waals surface area contributed by atoms with Crippen LogP contribution in [0.25, 0.3) is 0 Å². The van der Waals surface area contributed by atoms with Gasteiger partial charge in [0.1, 0.15) is 5.75 Å². The number of anilines is 1. The molecule has 0 atom stereocenters. The first-order valence-electron chi connectivity index (χ1n) is 6.09. The minimum absolute atomic E-state index is 0.198. The molecule has 2 rings (SSSR count). The molecule has 0 bridgehead atoms. The van der Waals surface area contributed by atoms with Gasteiger partial charge in [-0.15, -0.1) is 0 Å². The molecule has 0 aliphatic carbocycles. The fourth-order valence-electron chi connectivity index (χ4n) is 1.81. The fourth-order valence-corrected chi connectivity index (χ4v) is 2.06. The van der Waals surface area contributed by atoms with Crippen molar-refractivity contribution in [3.8, 4) is 5.75 Å². The maximum Gasteiger partial charge on any atom is 0.387 e. The van der Waals surface area contributed by atoms with Gasteiger partial charge in [-0.1, -0.05) is 34.1 Å². The number of hydrogen-bond acceptors (Lipinski definition) is 2. The van der Waals surface area contributed by atoms with Crippen molar-refractivity contribution >= 4 is 21.6 Å². The largest absolute Gasteiger partial charge is 0.434 e. The summed E-state index contributed by atoms with van der Waals surface area (Å²) in [4.78, 5) is 0. The zero-order valence-electron chi connectivity index (χ0n) is 10.9. The monoisotopic (exact) mass is 341 g/mol. The van der Waals surface area contributed by atoms with Crippen molar-refractivity contribution < 1.29 is 13.5 Å². The second-order valence-electron chi connectivity index (χ2n) is 4.30. The highest BCUT2D eigenvalue weighted by atomic mass is 79.9. The van der Waals surface area contributed by atoms with Crippen LogP contribution in [0, 0.1) is 6.92 Å². The third kappa shape index (κ3) is 3.93. The van der Waals surface area contributed by atoms with Crippen molar-refractivity contribution in [3.05, 3.63) is 58.1 Å². The topological polar surface area (TPSA) is 21.3 Å². The number of aryl methyl sites for hydroxylation is 1. The lowest BCUT2D eigenvalue weighted by atomic mass is 10.2. The summed E-state index contributed by atoms with van der Waals surface area (Å²) in [7, 11) is 0. The molecule has 0 spiro atoms. The van der Waals surface area contributed by atoms with Gasteiger partial charge >= 0.3 is 6.61 Å². The van der Waals surface area contributed by atoms with Gasteiger partial charge in [0.2, 0.25) is 0 Å². The third-order valence-corrected chi connectivity index (χ3v) is 3.72. The van der Waals surface area contributed by atoms with Gasteiger partial charge in [0, 0.05) is 22.3 Å². The molecule has 2 aromatic rings. The molecule has 0 fully saturated rings. The molecule has 0 saturated heterocycles. The van der Waals surface area contributed by atoms with Crippen LogP contribution in [0.1, 0.15) is 11.1 Å². The minimum atomic E-state index is -2.81. The number of nitrogens with one attached hydrogen (secondary N) is 1. The Kier molecular flexibility index (Phi) is 4.95. The van der Waals surface area contributed by atoms with Crippen LogP contribution in [0.5, 0.6) is 5.75 Å². The predicted molar refractivity (Wildman–Crippen MR) is 79.3 cm³/mol. The molecular weight excluding hydrogens is 328 g/mol. The maximum absolute atomic E-state index is 12.3. The van der Waals surface area contributed by atoms with Gasteiger partial charge < -0.3 is 10.1 Å². The third-order valence-electron chi connectivity index (χ3n) is 2.83. The number of benzene rings is 2. The molecule has 0 aromatic heterocycles. The van der Waals surface area contributed by atoms with E-state index < -0.39 is 6.61 Å². The van der Waals surface area contributed by atoms with E-state index in [4.69, 9.17) is 0 Å². The molecule has 2 aromatic carbocycles. The molecule has 2 nitrogen and oxygen atoms in total. The zero-order valence-corrected chi connectivity index (χ0v) is 12.5. The van der Waals surface area contributed by atoms with Gasteiger partial charge in [-0.3, -0.25) is 0 Å². The van der Waals surface area contributed by atoms with Crippen LogP contribution in [0.4, 0.5) is 14.5 Å². The lowest BCUT2D eigenvalue weighted by molar-refractivity contribution is -0.0504. The molecule has 5 heteroatoms. The Labute approximate surface area is 124 Å². The van der Waals surface area contributed by atoms with E-state index in [1.165, 1.54) is 6.07 Å². The van der Waals surface area contributed by atoms with E-state index in [2.05, 4.69) is 26.0 Å². The summed E-state index contributed by atoms with van der Waals surface area (Å²) in [6, 6.07) is 12.6. The van der Waals surface area contributed by atoms with Crippen molar-refractivity contribution in [2.75, 3.05) is 5.32 Å². The summed E-state index contributed by atoms with van der Waals surface area (Å²) < 4.78 is 30.2. The van der Waals surface area contributed by atoms with E-state index in [9.17, 15) is 8.78 Å². The number of para-hydroxylation sites is 1. The van der Waals surface area contributed by atoms with Crippen LogP contribution in [0.3, 0.4) is 0 Å². The highest BCUT2D eigenvalue weighted by molar-refractivity contribution is 9.10. The van der Waals surface area contributed by atoms with Crippen LogP contribution in [0.15, 0.2) is 46.9 Å². The summed E-state index contributed by atoms with van der Waals surface area (Å²) in [6.45, 7) is -0.404. The van der Waals surface area contributed by atoms with Gasteiger partial charge in [0.25, 0.3) is 0 Å². The van der Waals surface area contributed by atoms with Crippen molar-refractivity contribution in [3.63, 3.8) is 0 Å². The lowest BCUT2D eigenvalue weighted by Crippen LogP contribution is -2.07. The van der Waals surface area contributed by atoms with E-state index in [-0.39, 0.29) is 5.75 Å². The number of halogens is 3. The summed E-state index contributed by atoms with van der Waals surface area (Å²) in [5.41, 5.74) is 2.72. The Morgan fingerprint density at radius 3 is 2.65 bits per heavy atom. The Hall–Kier alpha value is -1.62. The molecule has 1 N–H and O–H groups in total. The Morgan fingerprint density at radius 2 is 1.95 bits per heavy atom. The standard InChI is InChI=1S/C15H14BrF2NO/c1-10-8-12(6-7-13(10)16)19-9-11-4-2-3-5-14(11)20-15(17)18/h2-8,15,19H,9H2,1H3. The molecule has 106 valence electrons. The fraction of sp³-hybridized carbons (Fsp3) is 0.200. The number of rotatable bonds is 5. The van der Waals surface area contributed by atoms with Crippen molar-refractivity contribution in [1.82, 2.24) is 0 Å². The van der Waals surface area contributed by atoms with Gasteiger partial charge in [0.05, 0.1) is 0 Å². The first-order valence-corrected chi connectivity index (χ1v) is 6.88. The molecule has 0 radical (unpaired) electrons. The second-order valence-corrected chi connectivity index (χ2v) is 5.16. The highest BCUT2D eigenvalue weighted by Crippen LogP contribution is 2.23. The summed E-state index contributed by atoms with van der Waals surface area (Å²) in [5, 5.41) is 3.20. The van der Waals surface area contributed by atoms with Crippen LogP contribution >= 0.6 is 15.9 Å². The average molecular weight is 342 g/mol. The number of hydrogen-bond donors (Lipinski definition) is 1. The molecule has 0 amide bonds. The lowest BCUT2D eigenvalue weighted by Gasteiger charge is -2.12. The van der Waals surface area contributed by atoms with E-state index in [0.717, 1.165) is 15.7 Å². The second kappa shape index (κ2) is 6.70. The Balaban J connectivity index is 2.08. The predicted octanol–water partition coefficient (Wildman–Crippen LogP) is 4.97. The first-order chi connectivity index (χ1) is 9.56. The number of ether oxygens (including phenoxy) is 1. The van der Waals surface area contributed by atoms with Crippen LogP contribution < -0.4 is 10.1 Å².